The lowest BCUT2D eigenvalue weighted by molar-refractivity contribution is -0.386. The smallest absolute Gasteiger partial charge is 0.328 e. The van der Waals surface area contributed by atoms with Gasteiger partial charge in [0.05, 0.1) is 17.4 Å². The molecule has 30 heavy (non-hydrogen) atoms. The molecular weight excluding hydrogens is 390 g/mol. The Hall–Kier alpha value is -4.00. The Morgan fingerprint density at radius 3 is 2.70 bits per heavy atom. The third-order valence-corrected chi connectivity index (χ3v) is 4.72. The van der Waals surface area contributed by atoms with Crippen LogP contribution in [0.1, 0.15) is 28.2 Å². The number of nitro groups is 1. The molecule has 3 aromatic rings. The van der Waals surface area contributed by atoms with Crippen molar-refractivity contribution in [3.63, 3.8) is 0 Å². The molecule has 0 bridgehead atoms. The van der Waals surface area contributed by atoms with Gasteiger partial charge in [-0.1, -0.05) is 18.2 Å². The molecule has 0 unspecified atom stereocenters. The lowest BCUT2D eigenvalue weighted by Gasteiger charge is -2.05. The minimum atomic E-state index is -0.725. The number of benzene rings is 1. The van der Waals surface area contributed by atoms with Crippen molar-refractivity contribution >= 4 is 28.3 Å². The summed E-state index contributed by atoms with van der Waals surface area (Å²) < 4.78 is 8.10. The first-order chi connectivity index (χ1) is 14.3. The van der Waals surface area contributed by atoms with Gasteiger partial charge < -0.3 is 9.30 Å². The number of ketones is 1. The van der Waals surface area contributed by atoms with E-state index in [1.807, 2.05) is 16.7 Å². The van der Waals surface area contributed by atoms with Crippen LogP contribution in [-0.2, 0) is 22.6 Å². The second-order valence-corrected chi connectivity index (χ2v) is 6.68. The zero-order chi connectivity index (χ0) is 21.8. The van der Waals surface area contributed by atoms with Crippen LogP contribution >= 0.6 is 0 Å². The number of esters is 1. The maximum atomic E-state index is 12.6. The summed E-state index contributed by atoms with van der Waals surface area (Å²) in [5, 5.41) is 24.6. The van der Waals surface area contributed by atoms with Crippen molar-refractivity contribution in [3.05, 3.63) is 57.5 Å². The molecule has 0 aliphatic rings. The highest BCUT2D eigenvalue weighted by molar-refractivity contribution is 6.09. The van der Waals surface area contributed by atoms with E-state index in [4.69, 9.17) is 10.00 Å². The van der Waals surface area contributed by atoms with Gasteiger partial charge in [-0.2, -0.15) is 10.4 Å². The van der Waals surface area contributed by atoms with E-state index in [2.05, 4.69) is 11.2 Å². The highest BCUT2D eigenvalue weighted by Gasteiger charge is 2.23. The highest BCUT2D eigenvalue weighted by Crippen LogP contribution is 2.23. The van der Waals surface area contributed by atoms with Crippen LogP contribution in [0.15, 0.2) is 30.5 Å². The number of Topliss-reactive ketones (excluding diaryl/α,β-unsaturated/α-hetero) is 1. The molecule has 1 aromatic carbocycles. The number of aromatic nitrogens is 3. The van der Waals surface area contributed by atoms with E-state index < -0.39 is 17.5 Å². The molecule has 0 atom stereocenters. The molecule has 0 amide bonds. The van der Waals surface area contributed by atoms with Crippen LogP contribution in [0.5, 0.6) is 0 Å². The minimum absolute atomic E-state index is 0.149. The zero-order valence-electron chi connectivity index (χ0n) is 16.5. The molecule has 10 nitrogen and oxygen atoms in total. The Balaban J connectivity index is 1.70. The van der Waals surface area contributed by atoms with Crippen LogP contribution in [0, 0.1) is 35.3 Å². The molecule has 0 aliphatic carbocycles. The predicted molar refractivity (Wildman–Crippen MR) is 106 cm³/mol. The molecule has 0 aliphatic heterocycles. The summed E-state index contributed by atoms with van der Waals surface area (Å²) in [6, 6.07) is 9.36. The van der Waals surface area contributed by atoms with Gasteiger partial charge in [0.2, 0.25) is 5.78 Å². The molecule has 0 fully saturated rings. The van der Waals surface area contributed by atoms with E-state index in [0.29, 0.717) is 23.9 Å². The van der Waals surface area contributed by atoms with E-state index in [0.717, 1.165) is 5.52 Å². The fourth-order valence-electron chi connectivity index (χ4n) is 3.32. The summed E-state index contributed by atoms with van der Waals surface area (Å²) >= 11 is 0. The third kappa shape index (κ3) is 4.05. The van der Waals surface area contributed by atoms with Gasteiger partial charge >= 0.3 is 11.7 Å². The number of fused-ring (bicyclic) bond motifs is 1. The fraction of sp³-hybridized carbons (Fsp3) is 0.300. The van der Waals surface area contributed by atoms with Crippen LogP contribution in [0.3, 0.4) is 0 Å². The van der Waals surface area contributed by atoms with Crippen molar-refractivity contribution in [2.75, 3.05) is 6.61 Å². The molecule has 154 valence electrons. The SMILES string of the molecule is Cc1nn(CC(=O)OCC(=O)c2cn(CCC#N)c3ccccc23)c(C)c1[N+](=O)[O-]. The number of hydrogen-bond acceptors (Lipinski definition) is 7. The topological polar surface area (TPSA) is 133 Å². The zero-order valence-corrected chi connectivity index (χ0v) is 16.5. The number of carbonyl (C=O) groups excluding carboxylic acids is 2. The maximum absolute atomic E-state index is 12.6. The van der Waals surface area contributed by atoms with Crippen LogP contribution in [0.4, 0.5) is 5.69 Å². The normalized spacial score (nSPS) is 10.7. The fourth-order valence-corrected chi connectivity index (χ4v) is 3.32. The summed E-state index contributed by atoms with van der Waals surface area (Å²) in [6.07, 6.45) is 1.96. The minimum Gasteiger partial charge on any atom is -0.456 e. The van der Waals surface area contributed by atoms with Gasteiger partial charge in [-0.25, -0.2) is 0 Å². The van der Waals surface area contributed by atoms with Crippen LogP contribution in [-0.4, -0.2) is 37.6 Å². The molecule has 0 saturated heterocycles. The van der Waals surface area contributed by atoms with Crippen molar-refractivity contribution < 1.29 is 19.2 Å². The van der Waals surface area contributed by atoms with E-state index in [1.165, 1.54) is 18.5 Å². The van der Waals surface area contributed by atoms with Crippen molar-refractivity contribution in [2.24, 2.45) is 0 Å². The third-order valence-electron chi connectivity index (χ3n) is 4.72. The predicted octanol–water partition coefficient (Wildman–Crippen LogP) is 2.70. The number of para-hydroxylation sites is 1. The number of rotatable bonds is 8. The average molecular weight is 409 g/mol. The average Bonchev–Trinajstić information content (AvgIpc) is 3.21. The number of carbonyl (C=O) groups is 2. The van der Waals surface area contributed by atoms with E-state index >= 15 is 0 Å². The Labute approximate surface area is 171 Å². The second kappa shape index (κ2) is 8.57. The number of hydrogen-bond donors (Lipinski definition) is 0. The lowest BCUT2D eigenvalue weighted by Crippen LogP contribution is -2.19. The van der Waals surface area contributed by atoms with Crippen molar-refractivity contribution in [1.29, 1.82) is 5.26 Å². The Kier molecular flexibility index (Phi) is 5.92. The first-order valence-electron chi connectivity index (χ1n) is 9.15. The molecule has 0 radical (unpaired) electrons. The monoisotopic (exact) mass is 409 g/mol. The number of nitriles is 1. The molecular formula is C20H19N5O5. The standard InChI is InChI=1S/C20H19N5O5/c1-13-20(25(28)29)14(2)24(22-13)11-19(27)30-12-18(26)16-10-23(9-5-8-21)17-7-4-3-6-15(16)17/h3-4,6-7,10H,5,9,11-12H2,1-2H3. The molecule has 0 N–H and O–H groups in total. The molecule has 10 heteroatoms. The first-order valence-corrected chi connectivity index (χ1v) is 9.15. The van der Waals surface area contributed by atoms with Gasteiger partial charge in [-0.3, -0.25) is 24.4 Å². The molecule has 2 heterocycles. The number of ether oxygens (including phenoxy) is 1. The van der Waals surface area contributed by atoms with E-state index in [1.54, 1.807) is 18.3 Å². The molecule has 2 aromatic heterocycles. The summed E-state index contributed by atoms with van der Waals surface area (Å²) in [6.45, 7) is 2.62. The van der Waals surface area contributed by atoms with Crippen molar-refractivity contribution in [1.82, 2.24) is 14.3 Å². The van der Waals surface area contributed by atoms with Crippen LogP contribution < -0.4 is 0 Å². The molecule has 3 rings (SSSR count). The molecule has 0 spiro atoms. The Morgan fingerprint density at radius 2 is 2.03 bits per heavy atom. The van der Waals surface area contributed by atoms with Crippen LogP contribution in [0.25, 0.3) is 10.9 Å². The van der Waals surface area contributed by atoms with Gasteiger partial charge in [0, 0.05) is 29.2 Å². The van der Waals surface area contributed by atoms with E-state index in [-0.39, 0.29) is 29.4 Å². The summed E-state index contributed by atoms with van der Waals surface area (Å²) in [4.78, 5) is 35.3. The quantitative estimate of drug-likeness (QED) is 0.242. The first kappa shape index (κ1) is 20.7. The van der Waals surface area contributed by atoms with Gasteiger partial charge in [-0.15, -0.1) is 0 Å². The Morgan fingerprint density at radius 1 is 1.30 bits per heavy atom. The van der Waals surface area contributed by atoms with Crippen molar-refractivity contribution in [3.8, 4) is 6.07 Å². The maximum Gasteiger partial charge on any atom is 0.328 e. The van der Waals surface area contributed by atoms with Crippen molar-refractivity contribution in [2.45, 2.75) is 33.4 Å². The largest absolute Gasteiger partial charge is 0.456 e. The summed E-state index contributed by atoms with van der Waals surface area (Å²) in [7, 11) is 0. The number of aryl methyl sites for hydroxylation is 2. The van der Waals surface area contributed by atoms with Gasteiger partial charge in [0.1, 0.15) is 17.9 Å². The lowest BCUT2D eigenvalue weighted by atomic mass is 10.1. The van der Waals surface area contributed by atoms with E-state index in [9.17, 15) is 19.7 Å². The summed E-state index contributed by atoms with van der Waals surface area (Å²) in [5.74, 6) is -1.10. The van der Waals surface area contributed by atoms with Gasteiger partial charge in [0.15, 0.2) is 6.61 Å². The number of nitrogens with zero attached hydrogens (tertiary/aromatic N) is 5. The second-order valence-electron chi connectivity index (χ2n) is 6.68. The molecule has 0 saturated carbocycles. The Bertz CT molecular complexity index is 1180. The highest BCUT2D eigenvalue weighted by atomic mass is 16.6. The van der Waals surface area contributed by atoms with Crippen LogP contribution in [0.2, 0.25) is 0 Å². The van der Waals surface area contributed by atoms with Gasteiger partial charge in [0.25, 0.3) is 0 Å². The summed E-state index contributed by atoms with van der Waals surface area (Å²) in [5.41, 5.74) is 1.51. The van der Waals surface area contributed by atoms with Gasteiger partial charge in [-0.05, 0) is 19.9 Å².